The number of hydrogen-bond acceptors (Lipinski definition) is 3. The second-order valence-electron chi connectivity index (χ2n) is 6.02. The van der Waals surface area contributed by atoms with E-state index in [1.807, 2.05) is 18.3 Å². The predicted molar refractivity (Wildman–Crippen MR) is 94.9 cm³/mol. The van der Waals surface area contributed by atoms with E-state index in [1.165, 1.54) is 36.8 Å². The minimum Gasteiger partial charge on any atom is -0.368 e. The Morgan fingerprint density at radius 1 is 1.27 bits per heavy atom. The molecule has 1 aromatic heterocycles. The minimum absolute atomic E-state index is 0.620. The van der Waals surface area contributed by atoms with Gasteiger partial charge in [0.1, 0.15) is 0 Å². The molecule has 4 heteroatoms. The van der Waals surface area contributed by atoms with Gasteiger partial charge in [-0.15, -0.1) is 0 Å². The normalized spacial score (nSPS) is 16.1. The SMILES string of the molecule is CCCCN(c1ccnc2cc(Cl)ccc12)C1CCNCC1. The van der Waals surface area contributed by atoms with Crippen molar-refractivity contribution < 1.29 is 0 Å². The van der Waals surface area contributed by atoms with Crippen LogP contribution in [-0.2, 0) is 0 Å². The van der Waals surface area contributed by atoms with Crippen LogP contribution in [-0.4, -0.2) is 30.7 Å². The lowest BCUT2D eigenvalue weighted by molar-refractivity contribution is 0.427. The standard InChI is InChI=1S/C18H24ClN3/c1-2-3-12-22(15-6-9-20-10-7-15)18-8-11-21-17-13-14(19)4-5-16(17)18/h4-5,8,11,13,15,20H,2-3,6-7,9-10,12H2,1H3. The molecule has 3 nitrogen and oxygen atoms in total. The first kappa shape index (κ1) is 15.6. The quantitative estimate of drug-likeness (QED) is 0.893. The summed E-state index contributed by atoms with van der Waals surface area (Å²) in [7, 11) is 0. The summed E-state index contributed by atoms with van der Waals surface area (Å²) >= 11 is 6.12. The van der Waals surface area contributed by atoms with E-state index in [0.717, 1.165) is 30.2 Å². The van der Waals surface area contributed by atoms with Crippen LogP contribution in [0.3, 0.4) is 0 Å². The van der Waals surface area contributed by atoms with Gasteiger partial charge in [0, 0.05) is 34.9 Å². The summed E-state index contributed by atoms with van der Waals surface area (Å²) in [5.41, 5.74) is 2.29. The van der Waals surface area contributed by atoms with Crippen LogP contribution in [0.15, 0.2) is 30.5 Å². The van der Waals surface area contributed by atoms with E-state index in [9.17, 15) is 0 Å². The molecule has 0 saturated carbocycles. The monoisotopic (exact) mass is 317 g/mol. The van der Waals surface area contributed by atoms with Gasteiger partial charge >= 0.3 is 0 Å². The zero-order valence-corrected chi connectivity index (χ0v) is 13.9. The summed E-state index contributed by atoms with van der Waals surface area (Å²) < 4.78 is 0. The molecule has 1 N–H and O–H groups in total. The molecule has 1 saturated heterocycles. The molecule has 1 aliphatic rings. The van der Waals surface area contributed by atoms with Crippen LogP contribution in [0.2, 0.25) is 5.02 Å². The Morgan fingerprint density at radius 2 is 2.09 bits per heavy atom. The number of nitrogens with one attached hydrogen (secondary N) is 1. The van der Waals surface area contributed by atoms with E-state index in [2.05, 4.69) is 34.3 Å². The molecule has 22 heavy (non-hydrogen) atoms. The fourth-order valence-corrected chi connectivity index (χ4v) is 3.47. The second-order valence-corrected chi connectivity index (χ2v) is 6.46. The van der Waals surface area contributed by atoms with Gasteiger partial charge in [-0.05, 0) is 56.6 Å². The highest BCUT2D eigenvalue weighted by Crippen LogP contribution is 2.30. The van der Waals surface area contributed by atoms with Crippen molar-refractivity contribution in [2.75, 3.05) is 24.5 Å². The van der Waals surface area contributed by atoms with E-state index in [4.69, 9.17) is 11.6 Å². The first-order chi connectivity index (χ1) is 10.8. The summed E-state index contributed by atoms with van der Waals surface area (Å²) in [5.74, 6) is 0. The fraction of sp³-hybridized carbons (Fsp3) is 0.500. The van der Waals surface area contributed by atoms with Crippen LogP contribution >= 0.6 is 11.6 Å². The van der Waals surface area contributed by atoms with Crippen molar-refractivity contribution in [3.8, 4) is 0 Å². The van der Waals surface area contributed by atoms with E-state index in [1.54, 1.807) is 0 Å². The van der Waals surface area contributed by atoms with E-state index < -0.39 is 0 Å². The number of unbranched alkanes of at least 4 members (excludes halogenated alkanes) is 1. The molecule has 1 fully saturated rings. The Kier molecular flexibility index (Phi) is 5.16. The lowest BCUT2D eigenvalue weighted by Gasteiger charge is -2.37. The molecule has 0 radical (unpaired) electrons. The number of nitrogens with zero attached hydrogens (tertiary/aromatic N) is 2. The van der Waals surface area contributed by atoms with Gasteiger partial charge in [0.15, 0.2) is 0 Å². The van der Waals surface area contributed by atoms with Crippen molar-refractivity contribution in [2.24, 2.45) is 0 Å². The van der Waals surface area contributed by atoms with Crippen LogP contribution in [0.5, 0.6) is 0 Å². The smallest absolute Gasteiger partial charge is 0.0737 e. The number of fused-ring (bicyclic) bond motifs is 1. The van der Waals surface area contributed by atoms with Gasteiger partial charge in [0.05, 0.1) is 5.52 Å². The lowest BCUT2D eigenvalue weighted by Crippen LogP contribution is -2.43. The van der Waals surface area contributed by atoms with Crippen LogP contribution in [0, 0.1) is 0 Å². The summed E-state index contributed by atoms with van der Waals surface area (Å²) in [5, 5.41) is 5.42. The third-order valence-corrected chi connectivity index (χ3v) is 4.73. The maximum atomic E-state index is 6.12. The first-order valence-corrected chi connectivity index (χ1v) is 8.69. The Labute approximate surface area is 137 Å². The fourth-order valence-electron chi connectivity index (χ4n) is 3.30. The largest absolute Gasteiger partial charge is 0.368 e. The number of piperidine rings is 1. The molecular formula is C18H24ClN3. The van der Waals surface area contributed by atoms with Gasteiger partial charge in [-0.1, -0.05) is 24.9 Å². The number of halogens is 1. The number of hydrogen-bond donors (Lipinski definition) is 1. The maximum Gasteiger partial charge on any atom is 0.0737 e. The molecule has 3 rings (SSSR count). The number of rotatable bonds is 5. The molecule has 0 bridgehead atoms. The summed E-state index contributed by atoms with van der Waals surface area (Å²) in [4.78, 5) is 7.09. The molecule has 1 aliphatic heterocycles. The van der Waals surface area contributed by atoms with E-state index in [-0.39, 0.29) is 0 Å². The third-order valence-electron chi connectivity index (χ3n) is 4.49. The summed E-state index contributed by atoms with van der Waals surface area (Å²) in [6.45, 7) is 5.60. The second kappa shape index (κ2) is 7.30. The highest BCUT2D eigenvalue weighted by Gasteiger charge is 2.22. The average molecular weight is 318 g/mol. The zero-order valence-electron chi connectivity index (χ0n) is 13.2. The highest BCUT2D eigenvalue weighted by molar-refractivity contribution is 6.31. The number of benzene rings is 1. The molecule has 0 aliphatic carbocycles. The molecule has 2 aromatic rings. The molecule has 0 spiro atoms. The predicted octanol–water partition coefficient (Wildman–Crippen LogP) is 4.25. The molecule has 0 atom stereocenters. The van der Waals surface area contributed by atoms with Crippen molar-refractivity contribution in [3.63, 3.8) is 0 Å². The Morgan fingerprint density at radius 3 is 2.86 bits per heavy atom. The van der Waals surface area contributed by atoms with Crippen LogP contribution in [0.1, 0.15) is 32.6 Å². The number of anilines is 1. The Bertz CT molecular complexity index is 623. The summed E-state index contributed by atoms with van der Waals surface area (Å²) in [6, 6.07) is 8.82. The topological polar surface area (TPSA) is 28.2 Å². The van der Waals surface area contributed by atoms with Crippen molar-refractivity contribution in [3.05, 3.63) is 35.5 Å². The lowest BCUT2D eigenvalue weighted by atomic mass is 10.0. The van der Waals surface area contributed by atoms with Crippen molar-refractivity contribution in [1.82, 2.24) is 10.3 Å². The van der Waals surface area contributed by atoms with Crippen LogP contribution in [0.25, 0.3) is 10.9 Å². The average Bonchev–Trinajstić information content (AvgIpc) is 2.56. The van der Waals surface area contributed by atoms with Crippen molar-refractivity contribution >= 4 is 28.2 Å². The van der Waals surface area contributed by atoms with E-state index in [0.29, 0.717) is 6.04 Å². The van der Waals surface area contributed by atoms with Crippen molar-refractivity contribution in [1.29, 1.82) is 0 Å². The maximum absolute atomic E-state index is 6.12. The van der Waals surface area contributed by atoms with Gasteiger partial charge in [-0.3, -0.25) is 4.98 Å². The zero-order chi connectivity index (χ0) is 15.4. The van der Waals surface area contributed by atoms with E-state index >= 15 is 0 Å². The van der Waals surface area contributed by atoms with Crippen molar-refractivity contribution in [2.45, 2.75) is 38.6 Å². The number of pyridine rings is 1. The first-order valence-electron chi connectivity index (χ1n) is 8.31. The van der Waals surface area contributed by atoms with Gasteiger partial charge < -0.3 is 10.2 Å². The highest BCUT2D eigenvalue weighted by atomic mass is 35.5. The molecule has 1 aromatic carbocycles. The molecular weight excluding hydrogens is 294 g/mol. The van der Waals surface area contributed by atoms with Gasteiger partial charge in [-0.25, -0.2) is 0 Å². The molecule has 0 unspecified atom stereocenters. The number of aromatic nitrogens is 1. The minimum atomic E-state index is 0.620. The van der Waals surface area contributed by atoms with Gasteiger partial charge in [-0.2, -0.15) is 0 Å². The Balaban J connectivity index is 1.99. The van der Waals surface area contributed by atoms with Crippen LogP contribution in [0.4, 0.5) is 5.69 Å². The molecule has 2 heterocycles. The molecule has 118 valence electrons. The van der Waals surface area contributed by atoms with Gasteiger partial charge in [0.25, 0.3) is 0 Å². The Hall–Kier alpha value is -1.32. The summed E-state index contributed by atoms with van der Waals surface area (Å²) in [6.07, 6.45) is 6.77. The third kappa shape index (κ3) is 3.36. The van der Waals surface area contributed by atoms with Crippen LogP contribution < -0.4 is 10.2 Å². The molecule has 0 amide bonds. The van der Waals surface area contributed by atoms with Gasteiger partial charge in [0.2, 0.25) is 0 Å².